The van der Waals surface area contributed by atoms with Crippen LogP contribution in [0.1, 0.15) is 0 Å². The van der Waals surface area contributed by atoms with Gasteiger partial charge in [0, 0.05) is 16.8 Å². The van der Waals surface area contributed by atoms with E-state index >= 15 is 0 Å². The molecule has 1 aliphatic rings. The number of hydrogen-bond acceptors (Lipinski definition) is 1. The average molecular weight is 798 g/mol. The third-order valence-electron chi connectivity index (χ3n) is 13.4. The molecule has 0 bridgehead atoms. The van der Waals surface area contributed by atoms with E-state index in [1.165, 1.54) is 115 Å². The summed E-state index contributed by atoms with van der Waals surface area (Å²) in [5.74, 6) is 0. The molecule has 1 aliphatic heterocycles. The van der Waals surface area contributed by atoms with Crippen molar-refractivity contribution >= 4 is 70.9 Å². The summed E-state index contributed by atoms with van der Waals surface area (Å²) in [6.07, 6.45) is 0. The second kappa shape index (κ2) is 14.2. The predicted octanol–water partition coefficient (Wildman–Crippen LogP) is 17.6. The van der Waals surface area contributed by atoms with Crippen molar-refractivity contribution in [3.05, 3.63) is 237 Å². The Morgan fingerprint density at radius 2 is 0.683 bits per heavy atom. The highest BCUT2D eigenvalue weighted by Crippen LogP contribution is 2.53. The van der Waals surface area contributed by atoms with Crippen LogP contribution in [0.15, 0.2) is 237 Å². The minimum absolute atomic E-state index is 1.13. The van der Waals surface area contributed by atoms with Crippen LogP contribution in [0.4, 0.5) is 17.1 Å². The molecule has 0 unspecified atom stereocenters. The summed E-state index contributed by atoms with van der Waals surface area (Å²) >= 11 is 0. The maximum atomic E-state index is 2.44. The minimum Gasteiger partial charge on any atom is -0.309 e. The topological polar surface area (TPSA) is 3.24 Å². The summed E-state index contributed by atoms with van der Waals surface area (Å²) in [6, 6.07) is 87.6. The molecule has 0 atom stereocenters. The molecule has 0 aromatic heterocycles. The Hall–Kier alpha value is -8.26. The van der Waals surface area contributed by atoms with Gasteiger partial charge in [-0.2, -0.15) is 0 Å². The van der Waals surface area contributed by atoms with Crippen molar-refractivity contribution in [2.45, 2.75) is 0 Å². The van der Waals surface area contributed by atoms with Gasteiger partial charge >= 0.3 is 0 Å². The van der Waals surface area contributed by atoms with Crippen molar-refractivity contribution in [1.29, 1.82) is 0 Å². The van der Waals surface area contributed by atoms with Gasteiger partial charge in [0.2, 0.25) is 0 Å². The van der Waals surface area contributed by atoms with Crippen LogP contribution in [0, 0.1) is 0 Å². The van der Waals surface area contributed by atoms with Crippen molar-refractivity contribution in [3.63, 3.8) is 0 Å². The maximum Gasteiger partial charge on any atom is 0.0540 e. The number of fused-ring (bicyclic) bond motifs is 13. The lowest BCUT2D eigenvalue weighted by Gasteiger charge is -2.27. The molecule has 0 radical (unpaired) electrons. The van der Waals surface area contributed by atoms with Gasteiger partial charge in [0.1, 0.15) is 0 Å². The molecule has 0 saturated carbocycles. The third-order valence-corrected chi connectivity index (χ3v) is 13.4. The Morgan fingerprint density at radius 1 is 0.206 bits per heavy atom. The highest BCUT2D eigenvalue weighted by Gasteiger charge is 2.27. The molecule has 1 heterocycles. The van der Waals surface area contributed by atoms with E-state index in [1.54, 1.807) is 0 Å². The van der Waals surface area contributed by atoms with Crippen LogP contribution >= 0.6 is 0 Å². The van der Waals surface area contributed by atoms with Gasteiger partial charge in [0.05, 0.1) is 11.4 Å². The molecule has 12 aromatic carbocycles. The zero-order chi connectivity index (χ0) is 41.4. The summed E-state index contributed by atoms with van der Waals surface area (Å²) in [6.45, 7) is 0. The van der Waals surface area contributed by atoms with Crippen LogP contribution in [0.3, 0.4) is 0 Å². The van der Waals surface area contributed by atoms with E-state index < -0.39 is 0 Å². The Balaban J connectivity index is 1.02. The van der Waals surface area contributed by atoms with Gasteiger partial charge in [-0.15, -0.1) is 0 Å². The first-order valence-corrected chi connectivity index (χ1v) is 21.8. The van der Waals surface area contributed by atoms with Crippen molar-refractivity contribution in [3.8, 4) is 55.6 Å². The van der Waals surface area contributed by atoms with E-state index in [2.05, 4.69) is 241 Å². The second-order valence-electron chi connectivity index (χ2n) is 16.8. The average Bonchev–Trinajstić information content (AvgIpc) is 3.48. The molecule has 0 amide bonds. The van der Waals surface area contributed by atoms with Gasteiger partial charge < -0.3 is 4.90 Å². The molecule has 63 heavy (non-hydrogen) atoms. The van der Waals surface area contributed by atoms with Crippen molar-refractivity contribution in [2.75, 3.05) is 4.90 Å². The quantitative estimate of drug-likeness (QED) is 0.160. The van der Waals surface area contributed by atoms with E-state index in [1.807, 2.05) is 0 Å². The minimum atomic E-state index is 1.13. The first-order chi connectivity index (χ1) is 31.2. The lowest BCUT2D eigenvalue weighted by Crippen LogP contribution is -2.10. The van der Waals surface area contributed by atoms with E-state index in [-0.39, 0.29) is 0 Å². The van der Waals surface area contributed by atoms with Crippen molar-refractivity contribution in [2.24, 2.45) is 0 Å². The fourth-order valence-electron chi connectivity index (χ4n) is 10.4. The van der Waals surface area contributed by atoms with Crippen molar-refractivity contribution in [1.82, 2.24) is 0 Å². The van der Waals surface area contributed by atoms with Gasteiger partial charge in [0.15, 0.2) is 0 Å². The molecular formula is C62H39N. The number of hydrogen-bond donors (Lipinski definition) is 0. The van der Waals surface area contributed by atoms with E-state index in [9.17, 15) is 0 Å². The SMILES string of the molecule is c1ccc(N2c3ccccc3-c3ccc(-c4ccc5ccccc5c4)cc3-c3cc(-c4ccc(-c5ccc6c7ccccc7c7ccccc7c6c5)c5ccccc45)ccc32)cc1. The molecule has 0 saturated heterocycles. The maximum absolute atomic E-state index is 2.44. The molecule has 12 aromatic rings. The molecule has 13 rings (SSSR count). The Kier molecular flexibility index (Phi) is 7.98. The van der Waals surface area contributed by atoms with Crippen LogP contribution in [0.25, 0.3) is 109 Å². The number of benzene rings is 12. The monoisotopic (exact) mass is 797 g/mol. The summed E-state index contributed by atoms with van der Waals surface area (Å²) in [4.78, 5) is 2.44. The number of para-hydroxylation sites is 2. The number of nitrogens with zero attached hydrogens (tertiary/aromatic N) is 1. The predicted molar refractivity (Wildman–Crippen MR) is 269 cm³/mol. The van der Waals surface area contributed by atoms with Gasteiger partial charge in [-0.1, -0.05) is 188 Å². The van der Waals surface area contributed by atoms with Gasteiger partial charge in [-0.25, -0.2) is 0 Å². The molecule has 292 valence electrons. The molecule has 0 spiro atoms. The zero-order valence-electron chi connectivity index (χ0n) is 34.5. The Bertz CT molecular complexity index is 3770. The lowest BCUT2D eigenvalue weighted by molar-refractivity contribution is 1.29. The summed E-state index contributed by atoms with van der Waals surface area (Å²) in [5, 5.41) is 12.7. The smallest absolute Gasteiger partial charge is 0.0540 e. The molecule has 0 aliphatic carbocycles. The zero-order valence-corrected chi connectivity index (χ0v) is 34.5. The standard InChI is InChI=1S/C62H39N/c1-2-16-46(17-3-1)63-61-25-13-12-24-57(61)56-31-28-43(42-27-26-40-14-4-5-15-41(40)36-42)37-59(56)60-39-45(30-35-62(60)63)48-34-33-47(49-18-6-7-19-50(48)49)44-29-32-55-53-22-9-8-20-51(53)52-21-10-11-23-54(52)58(55)38-44/h1-39H. The number of anilines is 3. The van der Waals surface area contributed by atoms with Gasteiger partial charge in [0.25, 0.3) is 0 Å². The Labute approximate surface area is 366 Å². The highest BCUT2D eigenvalue weighted by molar-refractivity contribution is 6.26. The first kappa shape index (κ1) is 35.5. The fourth-order valence-corrected chi connectivity index (χ4v) is 10.4. The normalized spacial score (nSPS) is 12.1. The fraction of sp³-hybridized carbons (Fsp3) is 0. The lowest BCUT2D eigenvalue weighted by atomic mass is 9.87. The van der Waals surface area contributed by atoms with Gasteiger partial charge in [-0.3, -0.25) is 0 Å². The summed E-state index contributed by atoms with van der Waals surface area (Å²) in [7, 11) is 0. The van der Waals surface area contributed by atoms with E-state index in [0.717, 1.165) is 11.4 Å². The van der Waals surface area contributed by atoms with Crippen LogP contribution in [0.2, 0.25) is 0 Å². The molecule has 0 N–H and O–H groups in total. The molecular weight excluding hydrogens is 759 g/mol. The van der Waals surface area contributed by atoms with E-state index in [0.29, 0.717) is 0 Å². The Morgan fingerprint density at radius 3 is 1.41 bits per heavy atom. The third kappa shape index (κ3) is 5.64. The molecule has 1 nitrogen and oxygen atoms in total. The van der Waals surface area contributed by atoms with E-state index in [4.69, 9.17) is 0 Å². The second-order valence-corrected chi connectivity index (χ2v) is 16.8. The van der Waals surface area contributed by atoms with Crippen LogP contribution in [0.5, 0.6) is 0 Å². The van der Waals surface area contributed by atoms with Crippen molar-refractivity contribution < 1.29 is 0 Å². The first-order valence-electron chi connectivity index (χ1n) is 21.8. The van der Waals surface area contributed by atoms with Crippen LogP contribution in [-0.2, 0) is 0 Å². The van der Waals surface area contributed by atoms with Crippen LogP contribution in [-0.4, -0.2) is 0 Å². The number of rotatable bonds is 4. The van der Waals surface area contributed by atoms with Gasteiger partial charge in [-0.05, 0) is 147 Å². The largest absolute Gasteiger partial charge is 0.309 e. The highest BCUT2D eigenvalue weighted by atomic mass is 15.1. The summed E-state index contributed by atoms with van der Waals surface area (Å²) < 4.78 is 0. The summed E-state index contributed by atoms with van der Waals surface area (Å²) in [5.41, 5.74) is 15.6. The molecule has 1 heteroatoms. The molecule has 0 fully saturated rings. The van der Waals surface area contributed by atoms with Crippen LogP contribution < -0.4 is 4.90 Å².